The first kappa shape index (κ1) is 14.7. The zero-order valence-electron chi connectivity index (χ0n) is 10.9. The molecule has 1 rings (SSSR count). The van der Waals surface area contributed by atoms with Gasteiger partial charge in [-0.1, -0.05) is 11.6 Å². The standard InChI is InChI=1S/C12H19ClN4O/c1-8(2)17(3)5-4-15-12(18)10-6-9(14)7-16-11(10)13/h6-8H,4-5,14H2,1-3H3,(H,15,18). The van der Waals surface area contributed by atoms with E-state index in [1.165, 1.54) is 12.3 Å². The monoisotopic (exact) mass is 270 g/mol. The lowest BCUT2D eigenvalue weighted by Crippen LogP contribution is -2.36. The highest BCUT2D eigenvalue weighted by atomic mass is 35.5. The molecule has 1 amide bonds. The number of pyridine rings is 1. The molecular formula is C12H19ClN4O. The highest BCUT2D eigenvalue weighted by molar-refractivity contribution is 6.32. The Morgan fingerprint density at radius 1 is 1.61 bits per heavy atom. The van der Waals surface area contributed by atoms with Gasteiger partial charge in [-0.15, -0.1) is 0 Å². The average molecular weight is 271 g/mol. The summed E-state index contributed by atoms with van der Waals surface area (Å²) in [4.78, 5) is 17.8. The fraction of sp³-hybridized carbons (Fsp3) is 0.500. The zero-order chi connectivity index (χ0) is 13.7. The second-order valence-corrected chi connectivity index (χ2v) is 4.80. The van der Waals surface area contributed by atoms with Gasteiger partial charge in [0.1, 0.15) is 5.15 Å². The van der Waals surface area contributed by atoms with Crippen LogP contribution in [0.5, 0.6) is 0 Å². The first-order valence-corrected chi connectivity index (χ1v) is 6.19. The third-order valence-electron chi connectivity index (χ3n) is 2.74. The Balaban J connectivity index is 2.53. The summed E-state index contributed by atoms with van der Waals surface area (Å²) in [6.07, 6.45) is 1.42. The van der Waals surface area contributed by atoms with Crippen LogP contribution in [0, 0.1) is 0 Å². The third-order valence-corrected chi connectivity index (χ3v) is 3.04. The summed E-state index contributed by atoms with van der Waals surface area (Å²) in [5.74, 6) is -0.253. The third kappa shape index (κ3) is 4.16. The average Bonchev–Trinajstić information content (AvgIpc) is 2.31. The molecule has 0 aromatic carbocycles. The maximum absolute atomic E-state index is 11.9. The highest BCUT2D eigenvalue weighted by Crippen LogP contribution is 2.15. The number of nitrogen functional groups attached to an aromatic ring is 1. The zero-order valence-corrected chi connectivity index (χ0v) is 11.7. The van der Waals surface area contributed by atoms with Crippen LogP contribution in [-0.2, 0) is 0 Å². The van der Waals surface area contributed by atoms with Gasteiger partial charge in [0, 0.05) is 19.1 Å². The van der Waals surface area contributed by atoms with Crippen LogP contribution in [-0.4, -0.2) is 42.0 Å². The molecule has 0 saturated carbocycles. The molecule has 0 aliphatic rings. The summed E-state index contributed by atoms with van der Waals surface area (Å²) in [7, 11) is 2.01. The van der Waals surface area contributed by atoms with Gasteiger partial charge in [-0.3, -0.25) is 4.79 Å². The molecule has 0 fully saturated rings. The molecular weight excluding hydrogens is 252 g/mol. The van der Waals surface area contributed by atoms with Crippen LogP contribution in [0.25, 0.3) is 0 Å². The van der Waals surface area contributed by atoms with E-state index in [9.17, 15) is 4.79 Å². The smallest absolute Gasteiger partial charge is 0.254 e. The summed E-state index contributed by atoms with van der Waals surface area (Å²) in [5, 5.41) is 2.96. The molecule has 0 saturated heterocycles. The first-order valence-electron chi connectivity index (χ1n) is 5.81. The van der Waals surface area contributed by atoms with Crippen LogP contribution in [0.3, 0.4) is 0 Å². The number of hydrogen-bond acceptors (Lipinski definition) is 4. The van der Waals surface area contributed by atoms with Crippen LogP contribution in [0.1, 0.15) is 24.2 Å². The molecule has 0 spiro atoms. The molecule has 1 heterocycles. The van der Waals surface area contributed by atoms with Gasteiger partial charge in [0.25, 0.3) is 5.91 Å². The van der Waals surface area contributed by atoms with E-state index in [1.54, 1.807) is 0 Å². The van der Waals surface area contributed by atoms with Crippen molar-refractivity contribution in [2.75, 3.05) is 25.9 Å². The van der Waals surface area contributed by atoms with E-state index in [0.29, 0.717) is 23.8 Å². The topological polar surface area (TPSA) is 71.2 Å². The number of rotatable bonds is 5. The number of anilines is 1. The minimum absolute atomic E-state index is 0.166. The van der Waals surface area contributed by atoms with Gasteiger partial charge in [-0.25, -0.2) is 4.98 Å². The Hall–Kier alpha value is -1.33. The number of aromatic nitrogens is 1. The number of hydrogen-bond donors (Lipinski definition) is 2. The van der Waals surface area contributed by atoms with Crippen molar-refractivity contribution in [2.45, 2.75) is 19.9 Å². The van der Waals surface area contributed by atoms with Crippen LogP contribution < -0.4 is 11.1 Å². The predicted octanol–water partition coefficient (Wildman–Crippen LogP) is 1.39. The lowest BCUT2D eigenvalue weighted by Gasteiger charge is -2.20. The molecule has 0 atom stereocenters. The van der Waals surface area contributed by atoms with Crippen LogP contribution >= 0.6 is 11.6 Å². The van der Waals surface area contributed by atoms with Gasteiger partial charge in [-0.2, -0.15) is 0 Å². The van der Waals surface area contributed by atoms with Crippen molar-refractivity contribution < 1.29 is 4.79 Å². The molecule has 5 nitrogen and oxygen atoms in total. The number of nitrogens with zero attached hydrogens (tertiary/aromatic N) is 2. The largest absolute Gasteiger partial charge is 0.397 e. The van der Waals surface area contributed by atoms with E-state index in [2.05, 4.69) is 29.0 Å². The molecule has 0 aliphatic heterocycles. The van der Waals surface area contributed by atoms with E-state index in [0.717, 1.165) is 6.54 Å². The Morgan fingerprint density at radius 3 is 2.89 bits per heavy atom. The first-order chi connectivity index (χ1) is 8.41. The minimum atomic E-state index is -0.253. The number of carbonyl (C=O) groups is 1. The van der Waals surface area contributed by atoms with E-state index in [-0.39, 0.29) is 11.1 Å². The quantitative estimate of drug-likeness (QED) is 0.793. The van der Waals surface area contributed by atoms with Crippen molar-refractivity contribution in [2.24, 2.45) is 0 Å². The number of nitrogens with two attached hydrogens (primary N) is 1. The maximum atomic E-state index is 11.9. The van der Waals surface area contributed by atoms with Crippen molar-refractivity contribution in [3.8, 4) is 0 Å². The molecule has 3 N–H and O–H groups in total. The molecule has 0 aliphatic carbocycles. The van der Waals surface area contributed by atoms with Crippen molar-refractivity contribution in [1.82, 2.24) is 15.2 Å². The van der Waals surface area contributed by atoms with Gasteiger partial charge in [0.05, 0.1) is 17.4 Å². The van der Waals surface area contributed by atoms with E-state index in [4.69, 9.17) is 17.3 Å². The van der Waals surface area contributed by atoms with Gasteiger partial charge in [-0.05, 0) is 27.0 Å². The fourth-order valence-corrected chi connectivity index (χ4v) is 1.51. The number of halogens is 1. The SMILES string of the molecule is CC(C)N(C)CCNC(=O)c1cc(N)cnc1Cl. The number of nitrogens with one attached hydrogen (secondary N) is 1. The molecule has 0 unspecified atom stereocenters. The predicted molar refractivity (Wildman–Crippen MR) is 73.8 cm³/mol. The summed E-state index contributed by atoms with van der Waals surface area (Å²) in [6, 6.07) is 1.97. The summed E-state index contributed by atoms with van der Waals surface area (Å²) < 4.78 is 0. The number of likely N-dealkylation sites (N-methyl/N-ethyl adjacent to an activating group) is 1. The molecule has 1 aromatic rings. The molecule has 18 heavy (non-hydrogen) atoms. The molecule has 0 radical (unpaired) electrons. The van der Waals surface area contributed by atoms with E-state index < -0.39 is 0 Å². The van der Waals surface area contributed by atoms with Crippen molar-refractivity contribution in [1.29, 1.82) is 0 Å². The Bertz CT molecular complexity index is 423. The van der Waals surface area contributed by atoms with Crippen LogP contribution in [0.4, 0.5) is 5.69 Å². The Morgan fingerprint density at radius 2 is 2.28 bits per heavy atom. The fourth-order valence-electron chi connectivity index (χ4n) is 1.32. The van der Waals surface area contributed by atoms with Crippen molar-refractivity contribution in [3.05, 3.63) is 23.0 Å². The molecule has 1 aromatic heterocycles. The van der Waals surface area contributed by atoms with Gasteiger partial charge < -0.3 is 16.0 Å². The second kappa shape index (κ2) is 6.56. The van der Waals surface area contributed by atoms with Gasteiger partial charge in [0.2, 0.25) is 0 Å². The number of carbonyl (C=O) groups excluding carboxylic acids is 1. The highest BCUT2D eigenvalue weighted by Gasteiger charge is 2.12. The summed E-state index contributed by atoms with van der Waals surface area (Å²) in [6.45, 7) is 5.52. The molecule has 6 heteroatoms. The van der Waals surface area contributed by atoms with Crippen LogP contribution in [0.15, 0.2) is 12.3 Å². The lowest BCUT2D eigenvalue weighted by atomic mass is 10.2. The minimum Gasteiger partial charge on any atom is -0.397 e. The normalized spacial score (nSPS) is 11.0. The lowest BCUT2D eigenvalue weighted by molar-refractivity contribution is 0.0948. The van der Waals surface area contributed by atoms with Crippen molar-refractivity contribution in [3.63, 3.8) is 0 Å². The van der Waals surface area contributed by atoms with E-state index in [1.807, 2.05) is 7.05 Å². The van der Waals surface area contributed by atoms with Crippen LogP contribution in [0.2, 0.25) is 5.15 Å². The summed E-state index contributed by atoms with van der Waals surface area (Å²) in [5.41, 5.74) is 6.30. The second-order valence-electron chi connectivity index (χ2n) is 4.44. The molecule has 100 valence electrons. The van der Waals surface area contributed by atoms with E-state index >= 15 is 0 Å². The van der Waals surface area contributed by atoms with Crippen molar-refractivity contribution >= 4 is 23.2 Å². The number of amides is 1. The van der Waals surface area contributed by atoms with Gasteiger partial charge in [0.15, 0.2) is 0 Å². The maximum Gasteiger partial charge on any atom is 0.254 e. The Labute approximate surface area is 112 Å². The molecule has 0 bridgehead atoms. The van der Waals surface area contributed by atoms with Gasteiger partial charge >= 0.3 is 0 Å². The Kier molecular flexibility index (Phi) is 5.37. The summed E-state index contributed by atoms with van der Waals surface area (Å²) >= 11 is 5.85.